The van der Waals surface area contributed by atoms with Crippen molar-refractivity contribution in [3.8, 4) is 0 Å². The lowest BCUT2D eigenvalue weighted by Crippen LogP contribution is -2.13. The van der Waals surface area contributed by atoms with Crippen LogP contribution in [-0.2, 0) is 19.4 Å². The molecule has 0 saturated heterocycles. The van der Waals surface area contributed by atoms with Gasteiger partial charge in [-0.2, -0.15) is 0 Å². The molecule has 1 aliphatic rings. The van der Waals surface area contributed by atoms with Crippen LogP contribution in [0, 0.1) is 0 Å². The van der Waals surface area contributed by atoms with Gasteiger partial charge in [-0.3, -0.25) is 0 Å². The van der Waals surface area contributed by atoms with Crippen molar-refractivity contribution >= 4 is 5.82 Å². The van der Waals surface area contributed by atoms with E-state index in [1.54, 1.807) is 12.5 Å². The maximum Gasteiger partial charge on any atom is 0.132 e. The van der Waals surface area contributed by atoms with E-state index in [1.807, 2.05) is 12.5 Å². The van der Waals surface area contributed by atoms with Crippen LogP contribution >= 0.6 is 0 Å². The van der Waals surface area contributed by atoms with E-state index in [9.17, 15) is 0 Å². The fourth-order valence-corrected chi connectivity index (χ4v) is 2.57. The normalized spacial score (nSPS) is 14.7. The summed E-state index contributed by atoms with van der Waals surface area (Å²) in [6.45, 7) is 1.76. The SMILES string of the molecule is c1cn(CCNc2ncnc3c2CCCCC3)cn1. The van der Waals surface area contributed by atoms with Crippen LogP contribution in [0.25, 0.3) is 0 Å². The van der Waals surface area contributed by atoms with Crippen molar-refractivity contribution in [1.82, 2.24) is 19.5 Å². The van der Waals surface area contributed by atoms with Crippen LogP contribution in [0.5, 0.6) is 0 Å². The number of nitrogens with one attached hydrogen (secondary N) is 1. The quantitative estimate of drug-likeness (QED) is 0.852. The number of anilines is 1. The van der Waals surface area contributed by atoms with E-state index in [0.29, 0.717) is 0 Å². The van der Waals surface area contributed by atoms with E-state index < -0.39 is 0 Å². The number of rotatable bonds is 4. The van der Waals surface area contributed by atoms with Crippen LogP contribution in [-0.4, -0.2) is 26.1 Å². The van der Waals surface area contributed by atoms with Crippen LogP contribution in [0.4, 0.5) is 5.82 Å². The number of nitrogens with zero attached hydrogens (tertiary/aromatic N) is 4. The maximum atomic E-state index is 4.43. The second kappa shape index (κ2) is 5.82. The first-order valence-corrected chi connectivity index (χ1v) is 6.96. The summed E-state index contributed by atoms with van der Waals surface area (Å²) in [5.41, 5.74) is 2.56. The van der Waals surface area contributed by atoms with Crippen LogP contribution in [0.3, 0.4) is 0 Å². The highest BCUT2D eigenvalue weighted by molar-refractivity contribution is 5.46. The van der Waals surface area contributed by atoms with Gasteiger partial charge in [-0.1, -0.05) is 6.42 Å². The second-order valence-corrected chi connectivity index (χ2v) is 4.94. The van der Waals surface area contributed by atoms with Gasteiger partial charge in [0.05, 0.1) is 6.33 Å². The zero-order valence-corrected chi connectivity index (χ0v) is 11.0. The first kappa shape index (κ1) is 12.1. The number of imidazole rings is 1. The maximum absolute atomic E-state index is 4.43. The Hall–Kier alpha value is -1.91. The third-order valence-electron chi connectivity index (χ3n) is 3.60. The highest BCUT2D eigenvalue weighted by Gasteiger charge is 2.13. The topological polar surface area (TPSA) is 55.6 Å². The number of hydrogen-bond acceptors (Lipinski definition) is 4. The van der Waals surface area contributed by atoms with E-state index in [0.717, 1.165) is 31.7 Å². The molecule has 0 atom stereocenters. The Kier molecular flexibility index (Phi) is 3.72. The van der Waals surface area contributed by atoms with E-state index in [2.05, 4.69) is 24.8 Å². The first-order valence-electron chi connectivity index (χ1n) is 6.96. The summed E-state index contributed by atoms with van der Waals surface area (Å²) in [4.78, 5) is 12.9. The van der Waals surface area contributed by atoms with Crippen molar-refractivity contribution in [2.45, 2.75) is 38.6 Å². The Morgan fingerprint density at radius 3 is 3.00 bits per heavy atom. The Morgan fingerprint density at radius 1 is 1.16 bits per heavy atom. The summed E-state index contributed by atoms with van der Waals surface area (Å²) in [6.07, 6.45) is 13.3. The third kappa shape index (κ3) is 2.92. The first-order chi connectivity index (χ1) is 9.43. The average Bonchev–Trinajstić information content (AvgIpc) is 2.82. The van der Waals surface area contributed by atoms with Crippen molar-refractivity contribution in [2.75, 3.05) is 11.9 Å². The van der Waals surface area contributed by atoms with Crippen LogP contribution in [0.1, 0.15) is 30.5 Å². The van der Waals surface area contributed by atoms with Gasteiger partial charge in [-0.15, -0.1) is 0 Å². The van der Waals surface area contributed by atoms with Crippen molar-refractivity contribution in [2.24, 2.45) is 0 Å². The Labute approximate surface area is 113 Å². The minimum atomic E-state index is 0.861. The van der Waals surface area contributed by atoms with Gasteiger partial charge >= 0.3 is 0 Å². The molecule has 2 aromatic rings. The fraction of sp³-hybridized carbons (Fsp3) is 0.500. The molecule has 100 valence electrons. The molecule has 3 rings (SSSR count). The van der Waals surface area contributed by atoms with E-state index in [1.165, 1.54) is 30.5 Å². The zero-order chi connectivity index (χ0) is 12.9. The highest BCUT2D eigenvalue weighted by atomic mass is 15.1. The Morgan fingerprint density at radius 2 is 2.11 bits per heavy atom. The van der Waals surface area contributed by atoms with Gasteiger partial charge in [0.15, 0.2) is 0 Å². The molecular weight excluding hydrogens is 238 g/mol. The summed E-state index contributed by atoms with van der Waals surface area (Å²) in [5, 5.41) is 3.44. The fourth-order valence-electron chi connectivity index (χ4n) is 2.57. The predicted octanol–water partition coefficient (Wildman–Crippen LogP) is 2.05. The summed E-state index contributed by atoms with van der Waals surface area (Å²) in [6, 6.07) is 0. The molecule has 1 aliphatic carbocycles. The minimum Gasteiger partial charge on any atom is -0.368 e. The molecule has 0 fully saturated rings. The summed E-state index contributed by atoms with van der Waals surface area (Å²) >= 11 is 0. The highest BCUT2D eigenvalue weighted by Crippen LogP contribution is 2.23. The summed E-state index contributed by atoms with van der Waals surface area (Å²) in [7, 11) is 0. The lowest BCUT2D eigenvalue weighted by Gasteiger charge is -2.12. The van der Waals surface area contributed by atoms with Crippen molar-refractivity contribution in [1.29, 1.82) is 0 Å². The zero-order valence-electron chi connectivity index (χ0n) is 11.0. The smallest absolute Gasteiger partial charge is 0.132 e. The van der Waals surface area contributed by atoms with Gasteiger partial charge in [0.2, 0.25) is 0 Å². The second-order valence-electron chi connectivity index (χ2n) is 4.94. The number of fused-ring (bicyclic) bond motifs is 1. The summed E-state index contributed by atoms with van der Waals surface area (Å²) < 4.78 is 2.06. The van der Waals surface area contributed by atoms with E-state index in [4.69, 9.17) is 0 Å². The molecule has 0 aromatic carbocycles. The van der Waals surface area contributed by atoms with E-state index >= 15 is 0 Å². The molecular formula is C14H19N5. The lowest BCUT2D eigenvalue weighted by molar-refractivity contribution is 0.708. The van der Waals surface area contributed by atoms with Crippen LogP contribution < -0.4 is 5.32 Å². The number of aryl methyl sites for hydroxylation is 1. The van der Waals surface area contributed by atoms with Crippen molar-refractivity contribution < 1.29 is 0 Å². The van der Waals surface area contributed by atoms with Gasteiger partial charge in [-0.05, 0) is 25.7 Å². The Bertz CT molecular complexity index is 521. The van der Waals surface area contributed by atoms with Crippen molar-refractivity contribution in [3.05, 3.63) is 36.3 Å². The van der Waals surface area contributed by atoms with Gasteiger partial charge in [0.25, 0.3) is 0 Å². The monoisotopic (exact) mass is 257 g/mol. The van der Waals surface area contributed by atoms with Gasteiger partial charge < -0.3 is 9.88 Å². The largest absolute Gasteiger partial charge is 0.368 e. The standard InChI is InChI=1S/C14H19N5/c1-2-4-12-13(5-3-1)17-10-18-14(12)16-7-9-19-8-6-15-11-19/h6,8,10-11H,1-5,7,9H2,(H,16,17,18). The van der Waals surface area contributed by atoms with Gasteiger partial charge in [0, 0.05) is 36.7 Å². The molecule has 5 nitrogen and oxygen atoms in total. The molecule has 1 N–H and O–H groups in total. The van der Waals surface area contributed by atoms with Gasteiger partial charge in [0.1, 0.15) is 12.1 Å². The number of aromatic nitrogens is 4. The molecule has 0 spiro atoms. The lowest BCUT2D eigenvalue weighted by atomic mass is 10.1. The predicted molar refractivity (Wildman–Crippen MR) is 74.0 cm³/mol. The van der Waals surface area contributed by atoms with Crippen LogP contribution in [0.15, 0.2) is 25.0 Å². The minimum absolute atomic E-state index is 0.861. The molecule has 0 unspecified atom stereocenters. The molecule has 2 heterocycles. The van der Waals surface area contributed by atoms with Gasteiger partial charge in [-0.25, -0.2) is 15.0 Å². The average molecular weight is 257 g/mol. The van der Waals surface area contributed by atoms with E-state index in [-0.39, 0.29) is 0 Å². The Balaban J connectivity index is 1.67. The third-order valence-corrected chi connectivity index (χ3v) is 3.60. The molecule has 0 saturated carbocycles. The van der Waals surface area contributed by atoms with Crippen LogP contribution in [0.2, 0.25) is 0 Å². The molecule has 2 aromatic heterocycles. The number of hydrogen-bond donors (Lipinski definition) is 1. The molecule has 0 radical (unpaired) electrons. The van der Waals surface area contributed by atoms with Crippen molar-refractivity contribution in [3.63, 3.8) is 0 Å². The molecule has 0 aliphatic heterocycles. The molecule has 0 bridgehead atoms. The molecule has 5 heteroatoms. The molecule has 0 amide bonds. The molecule has 19 heavy (non-hydrogen) atoms. The summed E-state index contributed by atoms with van der Waals surface area (Å²) in [5.74, 6) is 1.02.